The van der Waals surface area contributed by atoms with Crippen LogP contribution in [0.3, 0.4) is 0 Å². The molecular formula is C20H34. The molecule has 0 aliphatic heterocycles. The Hall–Kier alpha value is -0.520. The highest BCUT2D eigenvalue weighted by molar-refractivity contribution is 5.23. The third kappa shape index (κ3) is 3.38. The highest BCUT2D eigenvalue weighted by Crippen LogP contribution is 2.49. The summed E-state index contributed by atoms with van der Waals surface area (Å²) in [4.78, 5) is 0. The first-order chi connectivity index (χ1) is 9.11. The molecule has 2 rings (SSSR count). The summed E-state index contributed by atoms with van der Waals surface area (Å²) >= 11 is 0. The van der Waals surface area contributed by atoms with E-state index in [2.05, 4.69) is 48.5 Å². The van der Waals surface area contributed by atoms with Crippen LogP contribution in [0, 0.1) is 16.7 Å². The molecule has 0 amide bonds. The Morgan fingerprint density at radius 2 is 1.55 bits per heavy atom. The maximum Gasteiger partial charge on any atom is -0.0266 e. The van der Waals surface area contributed by atoms with E-state index in [0.29, 0.717) is 10.8 Å². The highest BCUT2D eigenvalue weighted by atomic mass is 14.4. The molecule has 0 bridgehead atoms. The minimum Gasteiger partial charge on any atom is -0.0741 e. The summed E-state index contributed by atoms with van der Waals surface area (Å²) in [7, 11) is 0. The largest absolute Gasteiger partial charge is 0.0741 e. The van der Waals surface area contributed by atoms with E-state index in [1.165, 1.54) is 38.5 Å². The van der Waals surface area contributed by atoms with Gasteiger partial charge in [0.15, 0.2) is 0 Å². The van der Waals surface area contributed by atoms with Gasteiger partial charge in [-0.05, 0) is 76.0 Å². The second-order valence-electron chi connectivity index (χ2n) is 9.06. The fraction of sp³-hybridized carbons (Fsp3) is 0.800. The Morgan fingerprint density at radius 3 is 2.20 bits per heavy atom. The maximum atomic E-state index is 2.48. The molecule has 0 nitrogen and oxygen atoms in total. The van der Waals surface area contributed by atoms with Crippen molar-refractivity contribution >= 4 is 0 Å². The molecule has 0 heteroatoms. The molecule has 0 radical (unpaired) electrons. The summed E-state index contributed by atoms with van der Waals surface area (Å²) in [6.07, 6.45) is 7.97. The van der Waals surface area contributed by atoms with Gasteiger partial charge < -0.3 is 0 Å². The normalized spacial score (nSPS) is 29.9. The average molecular weight is 274 g/mol. The van der Waals surface area contributed by atoms with E-state index in [1.54, 1.807) is 22.3 Å². The summed E-state index contributed by atoms with van der Waals surface area (Å²) in [6.45, 7) is 16.9. The van der Waals surface area contributed by atoms with Crippen molar-refractivity contribution in [3.63, 3.8) is 0 Å². The first-order valence-electron chi connectivity index (χ1n) is 8.43. The summed E-state index contributed by atoms with van der Waals surface area (Å²) in [5.41, 5.74) is 7.77. The van der Waals surface area contributed by atoms with Crippen LogP contribution < -0.4 is 0 Å². The highest BCUT2D eigenvalue weighted by Gasteiger charge is 2.36. The Balaban J connectivity index is 2.17. The van der Waals surface area contributed by atoms with E-state index in [4.69, 9.17) is 0 Å². The predicted molar refractivity (Wildman–Crippen MR) is 89.8 cm³/mol. The summed E-state index contributed by atoms with van der Waals surface area (Å²) in [6, 6.07) is 0. The molecule has 0 spiro atoms. The van der Waals surface area contributed by atoms with Crippen molar-refractivity contribution in [2.24, 2.45) is 16.7 Å². The van der Waals surface area contributed by atoms with Gasteiger partial charge in [-0.25, -0.2) is 0 Å². The predicted octanol–water partition coefficient (Wildman–Crippen LogP) is 6.68. The second-order valence-corrected chi connectivity index (χ2v) is 9.06. The molecule has 1 atom stereocenters. The van der Waals surface area contributed by atoms with Crippen molar-refractivity contribution in [1.29, 1.82) is 0 Å². The van der Waals surface area contributed by atoms with Crippen LogP contribution in [0.5, 0.6) is 0 Å². The quantitative estimate of drug-likeness (QED) is 0.493. The van der Waals surface area contributed by atoms with Gasteiger partial charge in [0.1, 0.15) is 0 Å². The Kier molecular flexibility index (Phi) is 4.24. The Bertz CT molecular complexity index is 443. The molecule has 0 heterocycles. The van der Waals surface area contributed by atoms with E-state index >= 15 is 0 Å². The van der Waals surface area contributed by atoms with Crippen molar-refractivity contribution in [2.45, 2.75) is 87.0 Å². The minimum absolute atomic E-state index is 0.471. The van der Waals surface area contributed by atoms with E-state index < -0.39 is 0 Å². The molecule has 0 N–H and O–H groups in total. The lowest BCUT2D eigenvalue weighted by atomic mass is 9.63. The molecule has 0 aromatic rings. The molecule has 0 saturated heterocycles. The van der Waals surface area contributed by atoms with E-state index in [0.717, 1.165) is 5.92 Å². The lowest BCUT2D eigenvalue weighted by Crippen LogP contribution is -2.30. The first kappa shape index (κ1) is 15.9. The number of allylic oxidation sites excluding steroid dienone is 4. The standard InChI is InChI=1S/C20H34/c1-14-8-9-19(4,5)13-17(14)11-18-10-15(2)16(3)12-20(18,6)7/h18H,8-13H2,1-7H3. The molecular weight excluding hydrogens is 240 g/mol. The van der Waals surface area contributed by atoms with E-state index in [9.17, 15) is 0 Å². The molecule has 0 saturated carbocycles. The molecule has 2 aliphatic carbocycles. The molecule has 0 fully saturated rings. The number of hydrogen-bond donors (Lipinski definition) is 0. The van der Waals surface area contributed by atoms with Crippen LogP contribution in [-0.4, -0.2) is 0 Å². The summed E-state index contributed by atoms with van der Waals surface area (Å²) in [5.74, 6) is 0.838. The van der Waals surface area contributed by atoms with Gasteiger partial charge in [-0.3, -0.25) is 0 Å². The molecule has 1 unspecified atom stereocenters. The van der Waals surface area contributed by atoms with Gasteiger partial charge >= 0.3 is 0 Å². The van der Waals surface area contributed by atoms with Crippen molar-refractivity contribution in [1.82, 2.24) is 0 Å². The SMILES string of the molecule is CC1=C(C)CC(C)(C)C(CC2=C(C)CCC(C)(C)C2)C1. The summed E-state index contributed by atoms with van der Waals surface area (Å²) in [5, 5.41) is 0. The topological polar surface area (TPSA) is 0 Å². The van der Waals surface area contributed by atoms with Crippen LogP contribution >= 0.6 is 0 Å². The smallest absolute Gasteiger partial charge is 0.0266 e. The summed E-state index contributed by atoms with van der Waals surface area (Å²) < 4.78 is 0. The average Bonchev–Trinajstić information content (AvgIpc) is 2.30. The minimum atomic E-state index is 0.471. The van der Waals surface area contributed by atoms with Crippen molar-refractivity contribution in [3.05, 3.63) is 22.3 Å². The van der Waals surface area contributed by atoms with Gasteiger partial charge in [-0.2, -0.15) is 0 Å². The van der Waals surface area contributed by atoms with Gasteiger partial charge in [-0.1, -0.05) is 50.0 Å². The van der Waals surface area contributed by atoms with Crippen LogP contribution in [0.1, 0.15) is 87.0 Å². The Labute approximate surface area is 126 Å². The molecule has 114 valence electrons. The van der Waals surface area contributed by atoms with Crippen molar-refractivity contribution in [3.8, 4) is 0 Å². The second kappa shape index (κ2) is 5.35. The van der Waals surface area contributed by atoms with Gasteiger partial charge in [0.2, 0.25) is 0 Å². The molecule has 0 aromatic heterocycles. The fourth-order valence-corrected chi connectivity index (χ4v) is 4.21. The van der Waals surface area contributed by atoms with Gasteiger partial charge in [0.25, 0.3) is 0 Å². The molecule has 20 heavy (non-hydrogen) atoms. The lowest BCUT2D eigenvalue weighted by Gasteiger charge is -2.42. The van der Waals surface area contributed by atoms with Gasteiger partial charge in [0, 0.05) is 0 Å². The van der Waals surface area contributed by atoms with Gasteiger partial charge in [-0.15, -0.1) is 0 Å². The first-order valence-corrected chi connectivity index (χ1v) is 8.43. The van der Waals surface area contributed by atoms with Crippen molar-refractivity contribution < 1.29 is 0 Å². The zero-order valence-electron chi connectivity index (χ0n) is 14.8. The van der Waals surface area contributed by atoms with Crippen LogP contribution in [0.2, 0.25) is 0 Å². The van der Waals surface area contributed by atoms with Gasteiger partial charge in [0.05, 0.1) is 0 Å². The Morgan fingerprint density at radius 1 is 0.900 bits per heavy atom. The van der Waals surface area contributed by atoms with E-state index in [1.807, 2.05) is 0 Å². The monoisotopic (exact) mass is 274 g/mol. The van der Waals surface area contributed by atoms with E-state index in [-0.39, 0.29) is 0 Å². The van der Waals surface area contributed by atoms with Crippen LogP contribution in [0.4, 0.5) is 0 Å². The lowest BCUT2D eigenvalue weighted by molar-refractivity contribution is 0.183. The van der Waals surface area contributed by atoms with Crippen molar-refractivity contribution in [2.75, 3.05) is 0 Å². The van der Waals surface area contributed by atoms with Crippen LogP contribution in [-0.2, 0) is 0 Å². The molecule has 2 aliphatic rings. The third-order valence-electron chi connectivity index (χ3n) is 6.07. The number of hydrogen-bond acceptors (Lipinski definition) is 0. The fourth-order valence-electron chi connectivity index (χ4n) is 4.21. The zero-order chi connectivity index (χ0) is 15.1. The maximum absolute atomic E-state index is 2.48. The number of rotatable bonds is 2. The zero-order valence-corrected chi connectivity index (χ0v) is 14.8. The molecule has 0 aromatic carbocycles. The van der Waals surface area contributed by atoms with Crippen LogP contribution in [0.25, 0.3) is 0 Å². The van der Waals surface area contributed by atoms with Crippen LogP contribution in [0.15, 0.2) is 22.3 Å². The third-order valence-corrected chi connectivity index (χ3v) is 6.07.